The summed E-state index contributed by atoms with van der Waals surface area (Å²) in [5.74, 6) is 0. The standard InChI is InChI=1S/C12H16N4/c1-9-11(12(14)7-13)8-15-16(9)10-5-3-2-4-6-10/h2-6,8,12H,7,13-14H2,1H3. The van der Waals surface area contributed by atoms with Crippen molar-refractivity contribution in [3.05, 3.63) is 47.8 Å². The smallest absolute Gasteiger partial charge is 0.0648 e. The molecule has 4 N–H and O–H groups in total. The Morgan fingerprint density at radius 1 is 1.31 bits per heavy atom. The molecule has 1 atom stereocenters. The monoisotopic (exact) mass is 216 g/mol. The van der Waals surface area contributed by atoms with Crippen LogP contribution in [-0.2, 0) is 0 Å². The zero-order chi connectivity index (χ0) is 11.5. The van der Waals surface area contributed by atoms with Gasteiger partial charge in [0.05, 0.1) is 11.9 Å². The highest BCUT2D eigenvalue weighted by Gasteiger charge is 2.12. The Hall–Kier alpha value is -1.65. The van der Waals surface area contributed by atoms with Gasteiger partial charge in [-0.3, -0.25) is 0 Å². The Labute approximate surface area is 94.9 Å². The Balaban J connectivity index is 2.41. The third-order valence-electron chi connectivity index (χ3n) is 2.70. The molecule has 0 aliphatic rings. The topological polar surface area (TPSA) is 69.9 Å². The van der Waals surface area contributed by atoms with Crippen molar-refractivity contribution in [1.82, 2.24) is 9.78 Å². The van der Waals surface area contributed by atoms with Crippen molar-refractivity contribution >= 4 is 0 Å². The van der Waals surface area contributed by atoms with Crippen LogP contribution in [0.3, 0.4) is 0 Å². The number of benzene rings is 1. The van der Waals surface area contributed by atoms with Crippen LogP contribution < -0.4 is 11.5 Å². The molecule has 0 radical (unpaired) electrons. The largest absolute Gasteiger partial charge is 0.329 e. The van der Waals surface area contributed by atoms with Gasteiger partial charge in [0, 0.05) is 23.8 Å². The highest BCUT2D eigenvalue weighted by molar-refractivity contribution is 5.35. The van der Waals surface area contributed by atoms with Gasteiger partial charge in [-0.05, 0) is 19.1 Å². The van der Waals surface area contributed by atoms with Crippen LogP contribution in [0.25, 0.3) is 5.69 Å². The minimum Gasteiger partial charge on any atom is -0.329 e. The first kappa shape index (κ1) is 10.9. The van der Waals surface area contributed by atoms with Crippen LogP contribution in [0, 0.1) is 6.92 Å². The van der Waals surface area contributed by atoms with E-state index in [2.05, 4.69) is 5.10 Å². The van der Waals surface area contributed by atoms with E-state index in [4.69, 9.17) is 11.5 Å². The van der Waals surface area contributed by atoms with Crippen LogP contribution in [0.2, 0.25) is 0 Å². The van der Waals surface area contributed by atoms with Gasteiger partial charge in [-0.1, -0.05) is 18.2 Å². The molecule has 0 saturated carbocycles. The molecule has 1 aromatic carbocycles. The van der Waals surface area contributed by atoms with E-state index in [1.165, 1.54) is 0 Å². The van der Waals surface area contributed by atoms with E-state index in [1.54, 1.807) is 6.20 Å². The highest BCUT2D eigenvalue weighted by Crippen LogP contribution is 2.17. The van der Waals surface area contributed by atoms with E-state index in [9.17, 15) is 0 Å². The molecule has 1 heterocycles. The lowest BCUT2D eigenvalue weighted by atomic mass is 10.1. The average Bonchev–Trinajstić information content (AvgIpc) is 2.71. The van der Waals surface area contributed by atoms with E-state index < -0.39 is 0 Å². The van der Waals surface area contributed by atoms with Crippen molar-refractivity contribution in [1.29, 1.82) is 0 Å². The van der Waals surface area contributed by atoms with Gasteiger partial charge in [0.2, 0.25) is 0 Å². The first-order chi connectivity index (χ1) is 7.74. The van der Waals surface area contributed by atoms with Gasteiger partial charge in [-0.2, -0.15) is 5.10 Å². The van der Waals surface area contributed by atoms with Gasteiger partial charge in [-0.15, -0.1) is 0 Å². The van der Waals surface area contributed by atoms with Crippen molar-refractivity contribution in [3.63, 3.8) is 0 Å². The number of hydrogen-bond donors (Lipinski definition) is 2. The summed E-state index contributed by atoms with van der Waals surface area (Å²) < 4.78 is 1.88. The second kappa shape index (κ2) is 4.47. The molecule has 16 heavy (non-hydrogen) atoms. The molecular weight excluding hydrogens is 200 g/mol. The molecule has 0 saturated heterocycles. The summed E-state index contributed by atoms with van der Waals surface area (Å²) in [5.41, 5.74) is 14.6. The fraction of sp³-hybridized carbons (Fsp3) is 0.250. The fourth-order valence-electron chi connectivity index (χ4n) is 1.74. The maximum absolute atomic E-state index is 5.91. The zero-order valence-corrected chi connectivity index (χ0v) is 9.30. The lowest BCUT2D eigenvalue weighted by Crippen LogP contribution is -2.21. The molecule has 4 heteroatoms. The Bertz CT molecular complexity index is 461. The minimum absolute atomic E-state index is 0.141. The normalized spacial score (nSPS) is 12.7. The Kier molecular flexibility index (Phi) is 3.03. The molecular formula is C12H16N4. The Morgan fingerprint density at radius 3 is 2.62 bits per heavy atom. The van der Waals surface area contributed by atoms with Crippen LogP contribution in [0.5, 0.6) is 0 Å². The first-order valence-corrected chi connectivity index (χ1v) is 5.29. The van der Waals surface area contributed by atoms with E-state index in [-0.39, 0.29) is 6.04 Å². The molecule has 1 aromatic heterocycles. The minimum atomic E-state index is -0.141. The average molecular weight is 216 g/mol. The van der Waals surface area contributed by atoms with Crippen molar-refractivity contribution in [3.8, 4) is 5.69 Å². The van der Waals surface area contributed by atoms with Crippen LogP contribution in [0.4, 0.5) is 0 Å². The van der Waals surface area contributed by atoms with E-state index in [0.29, 0.717) is 6.54 Å². The summed E-state index contributed by atoms with van der Waals surface area (Å²) in [7, 11) is 0. The van der Waals surface area contributed by atoms with Crippen molar-refractivity contribution in [2.24, 2.45) is 11.5 Å². The van der Waals surface area contributed by atoms with Gasteiger partial charge in [0.1, 0.15) is 0 Å². The SMILES string of the molecule is Cc1c(C(N)CN)cnn1-c1ccccc1. The van der Waals surface area contributed by atoms with Crippen LogP contribution >= 0.6 is 0 Å². The second-order valence-electron chi connectivity index (χ2n) is 3.77. The van der Waals surface area contributed by atoms with Crippen LogP contribution in [0.1, 0.15) is 17.3 Å². The second-order valence-corrected chi connectivity index (χ2v) is 3.77. The van der Waals surface area contributed by atoms with Crippen molar-refractivity contribution in [2.45, 2.75) is 13.0 Å². The number of rotatable bonds is 3. The Morgan fingerprint density at radius 2 is 2.00 bits per heavy atom. The zero-order valence-electron chi connectivity index (χ0n) is 9.30. The summed E-state index contributed by atoms with van der Waals surface area (Å²) in [4.78, 5) is 0. The molecule has 1 unspecified atom stereocenters. The summed E-state index contributed by atoms with van der Waals surface area (Å²) in [6, 6.07) is 9.83. The summed E-state index contributed by atoms with van der Waals surface area (Å²) >= 11 is 0. The number of aromatic nitrogens is 2. The van der Waals surface area contributed by atoms with Crippen LogP contribution in [0.15, 0.2) is 36.5 Å². The number of nitrogens with two attached hydrogens (primary N) is 2. The molecule has 0 aliphatic heterocycles. The van der Waals surface area contributed by atoms with Crippen molar-refractivity contribution in [2.75, 3.05) is 6.54 Å². The maximum atomic E-state index is 5.91. The molecule has 4 nitrogen and oxygen atoms in total. The molecule has 2 aromatic rings. The highest BCUT2D eigenvalue weighted by atomic mass is 15.3. The van der Waals surface area contributed by atoms with Crippen LogP contribution in [-0.4, -0.2) is 16.3 Å². The van der Waals surface area contributed by atoms with Crippen molar-refractivity contribution < 1.29 is 0 Å². The number of nitrogens with zero attached hydrogens (tertiary/aromatic N) is 2. The molecule has 0 aliphatic carbocycles. The summed E-state index contributed by atoms with van der Waals surface area (Å²) in [5, 5.41) is 4.34. The van der Waals surface area contributed by atoms with Gasteiger partial charge < -0.3 is 11.5 Å². The predicted octanol–water partition coefficient (Wildman–Crippen LogP) is 1.14. The molecule has 2 rings (SSSR count). The maximum Gasteiger partial charge on any atom is 0.0648 e. The van der Waals surface area contributed by atoms with Gasteiger partial charge in [0.25, 0.3) is 0 Å². The van der Waals surface area contributed by atoms with Gasteiger partial charge >= 0.3 is 0 Å². The third-order valence-corrected chi connectivity index (χ3v) is 2.70. The first-order valence-electron chi connectivity index (χ1n) is 5.29. The lowest BCUT2D eigenvalue weighted by Gasteiger charge is -2.09. The van der Waals surface area contributed by atoms with Gasteiger partial charge in [0.15, 0.2) is 0 Å². The molecule has 0 amide bonds. The number of para-hydroxylation sites is 1. The molecule has 84 valence electrons. The predicted molar refractivity (Wildman–Crippen MR) is 64.3 cm³/mol. The molecule has 0 fully saturated rings. The quantitative estimate of drug-likeness (QED) is 0.808. The van der Waals surface area contributed by atoms with E-state index >= 15 is 0 Å². The van der Waals surface area contributed by atoms with E-state index in [1.807, 2.05) is 41.9 Å². The van der Waals surface area contributed by atoms with Gasteiger partial charge in [-0.25, -0.2) is 4.68 Å². The lowest BCUT2D eigenvalue weighted by molar-refractivity contribution is 0.728. The number of hydrogen-bond acceptors (Lipinski definition) is 3. The fourth-order valence-corrected chi connectivity index (χ4v) is 1.74. The summed E-state index contributed by atoms with van der Waals surface area (Å²) in [6.07, 6.45) is 1.79. The van der Waals surface area contributed by atoms with E-state index in [0.717, 1.165) is 16.9 Å². The molecule has 0 spiro atoms. The molecule has 0 bridgehead atoms. The summed E-state index contributed by atoms with van der Waals surface area (Å²) in [6.45, 7) is 2.44. The third kappa shape index (κ3) is 1.85.